The van der Waals surface area contributed by atoms with E-state index in [1.54, 1.807) is 23.0 Å². The van der Waals surface area contributed by atoms with Crippen LogP contribution in [0.4, 0.5) is 0 Å². The molecule has 0 aliphatic carbocycles. The van der Waals surface area contributed by atoms with Gasteiger partial charge in [0, 0.05) is 12.4 Å². The summed E-state index contributed by atoms with van der Waals surface area (Å²) in [4.78, 5) is 8.26. The van der Waals surface area contributed by atoms with Crippen LogP contribution in [0, 0.1) is 0 Å². The van der Waals surface area contributed by atoms with E-state index in [0.717, 1.165) is 5.69 Å². The van der Waals surface area contributed by atoms with Crippen LogP contribution >= 0.6 is 0 Å². The second-order valence-electron chi connectivity index (χ2n) is 4.27. The molecule has 0 radical (unpaired) electrons. The normalized spacial score (nSPS) is 32.2. The molecular weight excluding hydrogens is 238 g/mol. The molecule has 0 spiro atoms. The SMILES string of the molecule is OC[C@H]1OC(n2cnc3ccnc-3c2)[C@H](O)[C@@H]1O. The van der Waals surface area contributed by atoms with Gasteiger partial charge in [0.15, 0.2) is 6.23 Å². The molecule has 7 nitrogen and oxygen atoms in total. The van der Waals surface area contributed by atoms with Crippen LogP contribution in [0.3, 0.4) is 0 Å². The van der Waals surface area contributed by atoms with Crippen molar-refractivity contribution in [1.29, 1.82) is 0 Å². The highest BCUT2D eigenvalue weighted by Crippen LogP contribution is 2.30. The summed E-state index contributed by atoms with van der Waals surface area (Å²) in [6, 6.07) is 1.77. The van der Waals surface area contributed by atoms with E-state index in [-0.39, 0.29) is 6.61 Å². The first kappa shape index (κ1) is 11.5. The van der Waals surface area contributed by atoms with Gasteiger partial charge in [-0.15, -0.1) is 0 Å². The molecule has 3 aliphatic heterocycles. The van der Waals surface area contributed by atoms with Gasteiger partial charge in [0.2, 0.25) is 0 Å². The van der Waals surface area contributed by atoms with Gasteiger partial charge in [-0.3, -0.25) is 4.98 Å². The fourth-order valence-corrected chi connectivity index (χ4v) is 2.12. The van der Waals surface area contributed by atoms with Gasteiger partial charge in [0.1, 0.15) is 24.0 Å². The van der Waals surface area contributed by atoms with Crippen molar-refractivity contribution in [1.82, 2.24) is 14.5 Å². The largest absolute Gasteiger partial charge is 0.394 e. The molecule has 3 heterocycles. The molecule has 18 heavy (non-hydrogen) atoms. The molecule has 0 aromatic rings. The van der Waals surface area contributed by atoms with Crippen molar-refractivity contribution < 1.29 is 20.1 Å². The van der Waals surface area contributed by atoms with Gasteiger partial charge in [0.05, 0.1) is 18.6 Å². The Kier molecular flexibility index (Phi) is 2.75. The molecule has 3 rings (SSSR count). The Labute approximate surface area is 103 Å². The fraction of sp³-hybridized carbons (Fsp3) is 0.455. The molecule has 0 aromatic heterocycles. The lowest BCUT2D eigenvalue weighted by molar-refractivity contribution is -0.0534. The molecule has 0 bridgehead atoms. The van der Waals surface area contributed by atoms with E-state index in [4.69, 9.17) is 9.84 Å². The van der Waals surface area contributed by atoms with Crippen LogP contribution in [0.25, 0.3) is 11.4 Å². The number of ether oxygens (including phenoxy) is 1. The van der Waals surface area contributed by atoms with Gasteiger partial charge in [-0.2, -0.15) is 0 Å². The van der Waals surface area contributed by atoms with Crippen LogP contribution in [-0.2, 0) is 4.74 Å². The number of hydrogen-bond donors (Lipinski definition) is 3. The molecule has 3 N–H and O–H groups in total. The number of aliphatic hydroxyl groups excluding tert-OH is 3. The average molecular weight is 251 g/mol. The summed E-state index contributed by atoms with van der Waals surface area (Å²) in [6.45, 7) is -0.348. The van der Waals surface area contributed by atoms with Crippen molar-refractivity contribution in [3.05, 3.63) is 24.8 Å². The monoisotopic (exact) mass is 251 g/mol. The molecular formula is C11H13N3O4. The van der Waals surface area contributed by atoms with Crippen LogP contribution in [0.2, 0.25) is 0 Å². The van der Waals surface area contributed by atoms with Gasteiger partial charge in [0.25, 0.3) is 0 Å². The first-order valence-electron chi connectivity index (χ1n) is 5.61. The smallest absolute Gasteiger partial charge is 0.164 e. The van der Waals surface area contributed by atoms with Crippen molar-refractivity contribution in [3.8, 4) is 11.4 Å². The summed E-state index contributed by atoms with van der Waals surface area (Å²) < 4.78 is 6.93. The van der Waals surface area contributed by atoms with Crippen LogP contribution in [0.15, 0.2) is 24.8 Å². The molecule has 3 aliphatic rings. The van der Waals surface area contributed by atoms with E-state index in [0.29, 0.717) is 5.69 Å². The zero-order valence-electron chi connectivity index (χ0n) is 9.42. The predicted molar refractivity (Wildman–Crippen MR) is 59.7 cm³/mol. The number of aromatic nitrogens is 3. The van der Waals surface area contributed by atoms with Gasteiger partial charge in [-0.25, -0.2) is 4.98 Å². The summed E-state index contributed by atoms with van der Waals surface area (Å²) in [5, 5.41) is 28.6. The molecule has 1 fully saturated rings. The van der Waals surface area contributed by atoms with Gasteiger partial charge >= 0.3 is 0 Å². The fourth-order valence-electron chi connectivity index (χ4n) is 2.12. The maximum absolute atomic E-state index is 9.88. The highest BCUT2D eigenvalue weighted by molar-refractivity contribution is 5.53. The quantitative estimate of drug-likeness (QED) is 0.632. The molecule has 4 atom stereocenters. The maximum atomic E-state index is 9.88. The summed E-state index contributed by atoms with van der Waals surface area (Å²) in [5.74, 6) is 0. The number of aliphatic hydroxyl groups is 3. The highest BCUT2D eigenvalue weighted by Gasteiger charge is 2.43. The molecule has 0 amide bonds. The van der Waals surface area contributed by atoms with E-state index >= 15 is 0 Å². The van der Waals surface area contributed by atoms with Crippen LogP contribution in [-0.4, -0.2) is 54.8 Å². The Hall–Kier alpha value is -1.54. The molecule has 0 aromatic carbocycles. The standard InChI is InChI=1S/C11H13N3O4/c15-4-8-9(16)10(17)11(18-8)14-3-7-6(13-5-14)1-2-12-7/h1-3,5,8-11,15-17H,4H2/t8-,9-,10-,11?/m1/s1. The van der Waals surface area contributed by atoms with E-state index < -0.39 is 24.5 Å². The number of rotatable bonds is 2. The van der Waals surface area contributed by atoms with Gasteiger partial charge < -0.3 is 24.6 Å². The van der Waals surface area contributed by atoms with E-state index in [2.05, 4.69) is 9.97 Å². The number of nitrogens with zero attached hydrogens (tertiary/aromatic N) is 3. The maximum Gasteiger partial charge on any atom is 0.164 e. The topological polar surface area (TPSA) is 101 Å². The Morgan fingerprint density at radius 2 is 2.06 bits per heavy atom. The summed E-state index contributed by atoms with van der Waals surface area (Å²) in [5.41, 5.74) is 1.42. The third kappa shape index (κ3) is 1.68. The van der Waals surface area contributed by atoms with Crippen molar-refractivity contribution in [2.24, 2.45) is 0 Å². The first-order valence-corrected chi connectivity index (χ1v) is 5.61. The summed E-state index contributed by atoms with van der Waals surface area (Å²) >= 11 is 0. The minimum Gasteiger partial charge on any atom is -0.394 e. The minimum absolute atomic E-state index is 0.348. The minimum atomic E-state index is -1.11. The van der Waals surface area contributed by atoms with Crippen molar-refractivity contribution in [2.45, 2.75) is 24.5 Å². The number of fused-ring (bicyclic) bond motifs is 1. The van der Waals surface area contributed by atoms with Crippen molar-refractivity contribution >= 4 is 0 Å². The lowest BCUT2D eigenvalue weighted by Crippen LogP contribution is -2.33. The first-order chi connectivity index (χ1) is 8.70. The van der Waals surface area contributed by atoms with Crippen LogP contribution < -0.4 is 0 Å². The zero-order valence-corrected chi connectivity index (χ0v) is 9.42. The summed E-state index contributed by atoms with van der Waals surface area (Å²) in [7, 11) is 0. The van der Waals surface area contributed by atoms with Crippen LogP contribution in [0.1, 0.15) is 6.23 Å². The third-order valence-corrected chi connectivity index (χ3v) is 3.12. The predicted octanol–water partition coefficient (Wildman–Crippen LogP) is -1.01. The van der Waals surface area contributed by atoms with E-state index in [1.807, 2.05) is 0 Å². The second-order valence-corrected chi connectivity index (χ2v) is 4.27. The van der Waals surface area contributed by atoms with Crippen molar-refractivity contribution in [3.63, 3.8) is 0 Å². The van der Waals surface area contributed by atoms with Crippen LogP contribution in [0.5, 0.6) is 0 Å². The molecule has 1 saturated heterocycles. The van der Waals surface area contributed by atoms with Crippen molar-refractivity contribution in [2.75, 3.05) is 6.61 Å². The van der Waals surface area contributed by atoms with Gasteiger partial charge in [-0.1, -0.05) is 0 Å². The van der Waals surface area contributed by atoms with E-state index in [1.165, 1.54) is 6.33 Å². The molecule has 7 heteroatoms. The van der Waals surface area contributed by atoms with E-state index in [9.17, 15) is 10.2 Å². The molecule has 96 valence electrons. The molecule has 1 unspecified atom stereocenters. The molecule has 0 saturated carbocycles. The van der Waals surface area contributed by atoms with Gasteiger partial charge in [-0.05, 0) is 6.07 Å². The Bertz CT molecular complexity index is 517. The number of hydrogen-bond acceptors (Lipinski definition) is 6. The summed E-state index contributed by atoms with van der Waals surface area (Å²) in [6.07, 6.45) is 1.04. The lowest BCUT2D eigenvalue weighted by atomic mass is 10.1. The Balaban J connectivity index is 1.93. The Morgan fingerprint density at radius 3 is 2.78 bits per heavy atom. The zero-order chi connectivity index (χ0) is 12.7. The lowest BCUT2D eigenvalue weighted by Gasteiger charge is -2.18. The average Bonchev–Trinajstić information content (AvgIpc) is 2.95. The highest BCUT2D eigenvalue weighted by atomic mass is 16.6. The third-order valence-electron chi connectivity index (χ3n) is 3.12. The second kappa shape index (κ2) is 4.29. The Morgan fingerprint density at radius 1 is 1.22 bits per heavy atom.